The lowest BCUT2D eigenvalue weighted by atomic mass is 9.97. The molecule has 0 aromatic heterocycles. The fourth-order valence-electron chi connectivity index (χ4n) is 4.01. The first-order valence-corrected chi connectivity index (χ1v) is 10.6. The molecule has 2 aliphatic heterocycles. The quantitative estimate of drug-likeness (QED) is 0.790. The summed E-state index contributed by atoms with van der Waals surface area (Å²) in [6.07, 6.45) is 0.866. The lowest BCUT2D eigenvalue weighted by molar-refractivity contribution is -0.138. The molecule has 2 heterocycles. The van der Waals surface area contributed by atoms with Crippen LogP contribution in [0.25, 0.3) is 0 Å². The number of likely N-dealkylation sites (tertiary alicyclic amines) is 1. The summed E-state index contributed by atoms with van der Waals surface area (Å²) in [5, 5.41) is 3.65. The third-order valence-corrected chi connectivity index (χ3v) is 6.22. The van der Waals surface area contributed by atoms with Gasteiger partial charge in [-0.15, -0.1) is 0 Å². The van der Waals surface area contributed by atoms with Gasteiger partial charge in [0.05, 0.1) is 13.2 Å². The van der Waals surface area contributed by atoms with Crippen molar-refractivity contribution < 1.29 is 14.3 Å². The largest absolute Gasteiger partial charge is 0.378 e. The van der Waals surface area contributed by atoms with Crippen LogP contribution in [0, 0.1) is 0 Å². The van der Waals surface area contributed by atoms with Crippen molar-refractivity contribution in [2.75, 3.05) is 36.5 Å². The number of carbonyl (C=O) groups excluding carboxylic acids is 2. The third-order valence-electron chi connectivity index (χ3n) is 5.97. The number of nitrogens with one attached hydrogen (secondary N) is 1. The Kier molecular flexibility index (Phi) is 5.97. The second-order valence-electron chi connectivity index (χ2n) is 7.98. The Morgan fingerprint density at radius 3 is 2.43 bits per heavy atom. The van der Waals surface area contributed by atoms with Gasteiger partial charge in [-0.25, -0.2) is 0 Å². The van der Waals surface area contributed by atoms with Gasteiger partial charge in [0.15, 0.2) is 0 Å². The molecule has 2 aromatic carbocycles. The van der Waals surface area contributed by atoms with Crippen molar-refractivity contribution in [2.45, 2.75) is 31.8 Å². The fourth-order valence-corrected chi connectivity index (χ4v) is 4.14. The van der Waals surface area contributed by atoms with Crippen LogP contribution in [0.5, 0.6) is 0 Å². The summed E-state index contributed by atoms with van der Waals surface area (Å²) >= 11 is 5.96. The Bertz CT molecular complexity index is 910. The minimum absolute atomic E-state index is 0.00901. The average Bonchev–Trinajstić information content (AvgIpc) is 3.06. The first-order valence-electron chi connectivity index (χ1n) is 10.2. The Labute approximate surface area is 181 Å². The van der Waals surface area contributed by atoms with E-state index in [0.29, 0.717) is 24.4 Å². The molecule has 0 spiro atoms. The number of amides is 2. The first-order chi connectivity index (χ1) is 14.5. The van der Waals surface area contributed by atoms with E-state index in [2.05, 4.69) is 10.2 Å². The van der Waals surface area contributed by atoms with E-state index in [-0.39, 0.29) is 11.8 Å². The van der Waals surface area contributed by atoms with Crippen LogP contribution in [-0.4, -0.2) is 48.6 Å². The summed E-state index contributed by atoms with van der Waals surface area (Å²) in [4.78, 5) is 29.7. The molecule has 0 unspecified atom stereocenters. The molecule has 30 heavy (non-hydrogen) atoms. The van der Waals surface area contributed by atoms with Gasteiger partial charge in [-0.3, -0.25) is 9.59 Å². The number of carbonyl (C=O) groups is 2. The Morgan fingerprint density at radius 2 is 1.77 bits per heavy atom. The molecule has 0 bridgehead atoms. The molecule has 158 valence electrons. The monoisotopic (exact) mass is 427 g/mol. The Morgan fingerprint density at radius 1 is 1.10 bits per heavy atom. The zero-order chi connectivity index (χ0) is 21.1. The molecule has 2 aromatic rings. The van der Waals surface area contributed by atoms with E-state index < -0.39 is 5.54 Å². The summed E-state index contributed by atoms with van der Waals surface area (Å²) in [5.41, 5.74) is 1.90. The Hall–Kier alpha value is -2.57. The van der Waals surface area contributed by atoms with Crippen LogP contribution in [-0.2, 0) is 20.9 Å². The highest BCUT2D eigenvalue weighted by atomic mass is 35.5. The summed E-state index contributed by atoms with van der Waals surface area (Å²) in [6.45, 7) is 5.42. The predicted octanol–water partition coefficient (Wildman–Crippen LogP) is 3.70. The van der Waals surface area contributed by atoms with Gasteiger partial charge in [-0.1, -0.05) is 23.7 Å². The van der Waals surface area contributed by atoms with Crippen LogP contribution in [0.15, 0.2) is 48.5 Å². The van der Waals surface area contributed by atoms with Gasteiger partial charge in [0.1, 0.15) is 5.54 Å². The zero-order valence-electron chi connectivity index (χ0n) is 17.1. The fraction of sp³-hybridized carbons (Fsp3) is 0.391. The number of hydrogen-bond acceptors (Lipinski definition) is 4. The number of rotatable bonds is 5. The number of ether oxygens (including phenoxy) is 1. The van der Waals surface area contributed by atoms with E-state index in [1.54, 1.807) is 17.0 Å². The minimum atomic E-state index is -0.889. The van der Waals surface area contributed by atoms with Gasteiger partial charge in [-0.05, 0) is 55.3 Å². The molecular formula is C23H26ClN3O3. The molecule has 4 rings (SSSR count). The van der Waals surface area contributed by atoms with Gasteiger partial charge >= 0.3 is 0 Å². The maximum absolute atomic E-state index is 13.2. The van der Waals surface area contributed by atoms with Crippen molar-refractivity contribution >= 4 is 34.8 Å². The lowest BCUT2D eigenvalue weighted by Gasteiger charge is -2.34. The highest BCUT2D eigenvalue weighted by Gasteiger charge is 2.47. The minimum Gasteiger partial charge on any atom is -0.378 e. The normalized spacial score (nSPS) is 21.7. The molecule has 6 nitrogen and oxygen atoms in total. The van der Waals surface area contributed by atoms with Gasteiger partial charge in [0.25, 0.3) is 0 Å². The second kappa shape index (κ2) is 8.66. The second-order valence-corrected chi connectivity index (χ2v) is 8.42. The molecule has 2 amide bonds. The van der Waals surface area contributed by atoms with Crippen LogP contribution in [0.4, 0.5) is 11.4 Å². The predicted molar refractivity (Wildman–Crippen MR) is 118 cm³/mol. The molecule has 2 aliphatic rings. The number of hydrogen-bond donors (Lipinski definition) is 1. The average molecular weight is 428 g/mol. The van der Waals surface area contributed by atoms with Crippen molar-refractivity contribution in [2.24, 2.45) is 0 Å². The van der Waals surface area contributed by atoms with Crippen molar-refractivity contribution in [3.63, 3.8) is 0 Å². The van der Waals surface area contributed by atoms with E-state index in [4.69, 9.17) is 16.3 Å². The van der Waals surface area contributed by atoms with Crippen LogP contribution >= 0.6 is 11.6 Å². The van der Waals surface area contributed by atoms with Gasteiger partial charge < -0.3 is 19.9 Å². The van der Waals surface area contributed by atoms with E-state index in [1.807, 2.05) is 43.3 Å². The maximum Gasteiger partial charge on any atom is 0.250 e. The summed E-state index contributed by atoms with van der Waals surface area (Å²) in [6, 6.07) is 15.2. The van der Waals surface area contributed by atoms with E-state index >= 15 is 0 Å². The van der Waals surface area contributed by atoms with Gasteiger partial charge in [0.2, 0.25) is 11.8 Å². The highest BCUT2D eigenvalue weighted by molar-refractivity contribution is 6.30. The number of halogens is 1. The molecule has 2 fully saturated rings. The van der Waals surface area contributed by atoms with Crippen LogP contribution in [0.2, 0.25) is 5.02 Å². The van der Waals surface area contributed by atoms with Crippen LogP contribution < -0.4 is 10.2 Å². The SMILES string of the molecule is C[C@@]1(C(=O)Nc2ccc(N3CCOCC3)cc2)CCC(=O)N1Cc1ccc(Cl)cc1. The molecule has 0 saturated carbocycles. The van der Waals surface area contributed by atoms with Crippen LogP contribution in [0.1, 0.15) is 25.3 Å². The number of benzene rings is 2. The smallest absolute Gasteiger partial charge is 0.250 e. The van der Waals surface area contributed by atoms with Crippen molar-refractivity contribution in [3.05, 3.63) is 59.1 Å². The van der Waals surface area contributed by atoms with Crippen LogP contribution in [0.3, 0.4) is 0 Å². The molecule has 0 aliphatic carbocycles. The summed E-state index contributed by atoms with van der Waals surface area (Å²) in [7, 11) is 0. The van der Waals surface area contributed by atoms with E-state index in [9.17, 15) is 9.59 Å². The first kappa shape index (κ1) is 20.7. The number of nitrogens with zero attached hydrogens (tertiary/aromatic N) is 2. The lowest BCUT2D eigenvalue weighted by Crippen LogP contribution is -2.51. The standard InChI is InChI=1S/C23H26ClN3O3/c1-23(11-10-21(28)27(23)16-17-2-4-18(24)5-3-17)22(29)25-19-6-8-20(9-7-19)26-12-14-30-15-13-26/h2-9H,10-16H2,1H3,(H,25,29)/t23-/m0/s1. The zero-order valence-corrected chi connectivity index (χ0v) is 17.8. The molecule has 7 heteroatoms. The third kappa shape index (κ3) is 4.30. The maximum atomic E-state index is 13.2. The highest BCUT2D eigenvalue weighted by Crippen LogP contribution is 2.33. The van der Waals surface area contributed by atoms with E-state index in [1.165, 1.54) is 0 Å². The molecular weight excluding hydrogens is 402 g/mol. The van der Waals surface area contributed by atoms with Gasteiger partial charge in [0, 0.05) is 42.5 Å². The molecule has 1 N–H and O–H groups in total. The van der Waals surface area contributed by atoms with Crippen molar-refractivity contribution in [3.8, 4) is 0 Å². The Balaban J connectivity index is 1.45. The molecule has 1 atom stereocenters. The summed E-state index contributed by atoms with van der Waals surface area (Å²) in [5.74, 6) is -0.174. The van der Waals surface area contributed by atoms with Crippen molar-refractivity contribution in [1.82, 2.24) is 4.90 Å². The van der Waals surface area contributed by atoms with E-state index in [0.717, 1.165) is 43.2 Å². The van der Waals surface area contributed by atoms with Gasteiger partial charge in [-0.2, -0.15) is 0 Å². The summed E-state index contributed by atoms with van der Waals surface area (Å²) < 4.78 is 5.40. The molecule has 2 saturated heterocycles. The number of anilines is 2. The number of morpholine rings is 1. The molecule has 0 radical (unpaired) electrons. The topological polar surface area (TPSA) is 61.9 Å². The van der Waals surface area contributed by atoms with Crippen molar-refractivity contribution in [1.29, 1.82) is 0 Å².